The fourth-order valence-electron chi connectivity index (χ4n) is 1.89. The Morgan fingerprint density at radius 3 is 2.22 bits per heavy atom. The molecule has 0 aliphatic carbocycles. The van der Waals surface area contributed by atoms with Crippen molar-refractivity contribution in [2.45, 2.75) is 5.25 Å². The zero-order valence-electron chi connectivity index (χ0n) is 10.5. The highest BCUT2D eigenvalue weighted by atomic mass is 35.7. The average molecular weight is 278 g/mol. The second kappa shape index (κ2) is 6.17. The molecular weight excluding hydrogens is 262 g/mol. The summed E-state index contributed by atoms with van der Waals surface area (Å²) in [6.07, 6.45) is 0. The normalized spacial score (nSPS) is 12.2. The Bertz CT molecular complexity index is 499. The number of benzene rings is 2. The van der Waals surface area contributed by atoms with Crippen molar-refractivity contribution in [3.8, 4) is 0 Å². The smallest absolute Gasteiger partial charge is 0.0699 e. The number of halogens is 1. The van der Waals surface area contributed by atoms with Crippen LogP contribution in [-0.4, -0.2) is 14.1 Å². The van der Waals surface area contributed by atoms with Gasteiger partial charge in [0, 0.05) is 19.8 Å². The molecule has 0 aliphatic heterocycles. The van der Waals surface area contributed by atoms with Crippen LogP contribution in [0.2, 0.25) is 0 Å². The average Bonchev–Trinajstić information content (AvgIpc) is 2.41. The molecule has 0 saturated heterocycles. The van der Waals surface area contributed by atoms with E-state index in [0.717, 1.165) is 0 Å². The molecule has 2 rings (SSSR count). The largest absolute Gasteiger partial charge is 0.378 e. The van der Waals surface area contributed by atoms with Gasteiger partial charge in [0.2, 0.25) is 0 Å². The Labute approximate surface area is 117 Å². The Morgan fingerprint density at radius 2 is 1.61 bits per heavy atom. The number of rotatable bonds is 4. The van der Waals surface area contributed by atoms with Gasteiger partial charge in [-0.3, -0.25) is 0 Å². The summed E-state index contributed by atoms with van der Waals surface area (Å²) in [4.78, 5) is 2.10. The molecule has 0 fully saturated rings. The van der Waals surface area contributed by atoms with Crippen molar-refractivity contribution in [3.63, 3.8) is 0 Å². The molecule has 0 aliphatic rings. The lowest BCUT2D eigenvalue weighted by Crippen LogP contribution is -2.09. The summed E-state index contributed by atoms with van der Waals surface area (Å²) >= 11 is 0. The minimum atomic E-state index is 0.174. The van der Waals surface area contributed by atoms with Crippen LogP contribution in [0.5, 0.6) is 0 Å². The fourth-order valence-corrected chi connectivity index (χ4v) is 3.02. The van der Waals surface area contributed by atoms with Crippen LogP contribution in [0.15, 0.2) is 54.6 Å². The second-order valence-corrected chi connectivity index (χ2v) is 5.55. The predicted molar refractivity (Wildman–Crippen MR) is 82.5 cm³/mol. The van der Waals surface area contributed by atoms with Crippen molar-refractivity contribution in [1.82, 2.24) is 0 Å². The van der Waals surface area contributed by atoms with Gasteiger partial charge in [-0.2, -0.15) is 0 Å². The van der Waals surface area contributed by atoms with Crippen LogP contribution < -0.4 is 4.90 Å². The zero-order valence-corrected chi connectivity index (χ0v) is 12.1. The van der Waals surface area contributed by atoms with E-state index in [1.54, 1.807) is 0 Å². The van der Waals surface area contributed by atoms with E-state index in [1.165, 1.54) is 27.8 Å². The molecule has 0 spiro atoms. The zero-order chi connectivity index (χ0) is 13.0. The molecular formula is C15H16ClNS. The van der Waals surface area contributed by atoms with Crippen molar-refractivity contribution in [1.29, 1.82) is 0 Å². The first-order valence-corrected chi connectivity index (χ1v) is 7.52. The van der Waals surface area contributed by atoms with E-state index in [0.29, 0.717) is 0 Å². The molecule has 94 valence electrons. The first kappa shape index (κ1) is 13.3. The van der Waals surface area contributed by atoms with Crippen molar-refractivity contribution < 1.29 is 0 Å². The lowest BCUT2D eigenvalue weighted by atomic mass is 10.0. The molecule has 0 saturated carbocycles. The van der Waals surface area contributed by atoms with Crippen molar-refractivity contribution in [2.75, 3.05) is 19.0 Å². The molecule has 2 aromatic rings. The van der Waals surface area contributed by atoms with Gasteiger partial charge in [0.25, 0.3) is 0 Å². The number of anilines is 1. The van der Waals surface area contributed by atoms with Gasteiger partial charge in [0.05, 0.1) is 5.25 Å². The van der Waals surface area contributed by atoms with Crippen molar-refractivity contribution in [2.24, 2.45) is 0 Å². The van der Waals surface area contributed by atoms with Gasteiger partial charge in [-0.05, 0) is 44.9 Å². The summed E-state index contributed by atoms with van der Waals surface area (Å²) in [5, 5.41) is 0.174. The summed E-state index contributed by atoms with van der Waals surface area (Å²) in [5.74, 6) is 0. The highest BCUT2D eigenvalue weighted by molar-refractivity contribution is 8.21. The van der Waals surface area contributed by atoms with E-state index >= 15 is 0 Å². The summed E-state index contributed by atoms with van der Waals surface area (Å²) in [7, 11) is 11.5. The van der Waals surface area contributed by atoms with Crippen LogP contribution in [0, 0.1) is 0 Å². The van der Waals surface area contributed by atoms with E-state index in [9.17, 15) is 0 Å². The van der Waals surface area contributed by atoms with Gasteiger partial charge in [0.1, 0.15) is 0 Å². The SMILES string of the molecule is CN(C)c1cccc(C(SCl)c2ccccc2)c1. The van der Waals surface area contributed by atoms with Crippen LogP contribution >= 0.6 is 21.7 Å². The molecule has 1 nitrogen and oxygen atoms in total. The third kappa shape index (κ3) is 3.01. The van der Waals surface area contributed by atoms with Gasteiger partial charge in [0.15, 0.2) is 0 Å². The monoisotopic (exact) mass is 277 g/mol. The van der Waals surface area contributed by atoms with Crippen molar-refractivity contribution >= 4 is 27.3 Å². The molecule has 3 heteroatoms. The Kier molecular flexibility index (Phi) is 4.56. The molecule has 0 N–H and O–H groups in total. The molecule has 0 radical (unpaired) electrons. The quantitative estimate of drug-likeness (QED) is 0.795. The maximum Gasteiger partial charge on any atom is 0.0699 e. The van der Waals surface area contributed by atoms with Crippen LogP contribution in [0.25, 0.3) is 0 Å². The lowest BCUT2D eigenvalue weighted by molar-refractivity contribution is 1.10. The third-order valence-corrected chi connectivity index (χ3v) is 4.14. The Morgan fingerprint density at radius 1 is 0.944 bits per heavy atom. The highest BCUT2D eigenvalue weighted by Crippen LogP contribution is 2.38. The first-order chi connectivity index (χ1) is 8.72. The standard InChI is InChI=1S/C15H16ClNS/c1-17(2)14-10-6-9-13(11-14)15(18-16)12-7-4-3-5-8-12/h3-11,15H,1-2H3. The minimum Gasteiger partial charge on any atom is -0.378 e. The third-order valence-electron chi connectivity index (χ3n) is 2.88. The van der Waals surface area contributed by atoms with E-state index in [2.05, 4.69) is 41.3 Å². The minimum absolute atomic E-state index is 0.174. The van der Waals surface area contributed by atoms with Crippen LogP contribution in [0.1, 0.15) is 16.4 Å². The van der Waals surface area contributed by atoms with Gasteiger partial charge in [-0.15, -0.1) is 0 Å². The predicted octanol–water partition coefficient (Wildman–Crippen LogP) is 4.73. The van der Waals surface area contributed by atoms with Crippen LogP contribution in [-0.2, 0) is 0 Å². The number of nitrogens with zero attached hydrogens (tertiary/aromatic N) is 1. The second-order valence-electron chi connectivity index (χ2n) is 4.37. The maximum atomic E-state index is 6.07. The molecule has 0 aromatic heterocycles. The van der Waals surface area contributed by atoms with Crippen LogP contribution in [0.4, 0.5) is 5.69 Å². The van der Waals surface area contributed by atoms with Crippen molar-refractivity contribution in [3.05, 3.63) is 65.7 Å². The summed E-state index contributed by atoms with van der Waals surface area (Å²) in [5.41, 5.74) is 3.65. The van der Waals surface area contributed by atoms with Gasteiger partial charge >= 0.3 is 0 Å². The van der Waals surface area contributed by atoms with E-state index in [1.807, 2.05) is 32.3 Å². The van der Waals surface area contributed by atoms with E-state index < -0.39 is 0 Å². The molecule has 0 amide bonds. The van der Waals surface area contributed by atoms with Gasteiger partial charge < -0.3 is 4.90 Å². The molecule has 0 heterocycles. The van der Waals surface area contributed by atoms with E-state index in [-0.39, 0.29) is 5.25 Å². The molecule has 1 unspecified atom stereocenters. The molecule has 0 bridgehead atoms. The Hall–Kier alpha value is -1.12. The van der Waals surface area contributed by atoms with Gasteiger partial charge in [-0.1, -0.05) is 42.5 Å². The first-order valence-electron chi connectivity index (χ1n) is 5.82. The summed E-state index contributed by atoms with van der Waals surface area (Å²) in [6.45, 7) is 0. The van der Waals surface area contributed by atoms with Gasteiger partial charge in [-0.25, -0.2) is 0 Å². The summed E-state index contributed by atoms with van der Waals surface area (Å²) in [6, 6.07) is 18.8. The molecule has 18 heavy (non-hydrogen) atoms. The lowest BCUT2D eigenvalue weighted by Gasteiger charge is -2.18. The maximum absolute atomic E-state index is 6.07. The number of hydrogen-bond donors (Lipinski definition) is 0. The molecule has 1 atom stereocenters. The van der Waals surface area contributed by atoms with Crippen LogP contribution in [0.3, 0.4) is 0 Å². The molecule has 2 aromatic carbocycles. The Balaban J connectivity index is 2.36. The fraction of sp³-hybridized carbons (Fsp3) is 0.200. The highest BCUT2D eigenvalue weighted by Gasteiger charge is 2.14. The van der Waals surface area contributed by atoms with E-state index in [4.69, 9.17) is 10.7 Å². The summed E-state index contributed by atoms with van der Waals surface area (Å²) < 4.78 is 0. The topological polar surface area (TPSA) is 3.24 Å². The number of hydrogen-bond acceptors (Lipinski definition) is 2.